The Morgan fingerprint density at radius 1 is 1.29 bits per heavy atom. The molecule has 0 amide bonds. The second kappa shape index (κ2) is 3.79. The first-order chi connectivity index (χ1) is 6.67. The van der Waals surface area contributed by atoms with E-state index < -0.39 is 5.79 Å². The molecule has 1 saturated heterocycles. The summed E-state index contributed by atoms with van der Waals surface area (Å²) in [4.78, 5) is 2.25. The van der Waals surface area contributed by atoms with Gasteiger partial charge >= 0.3 is 0 Å². The molecular formula is C10H17NO3. The van der Waals surface area contributed by atoms with Gasteiger partial charge in [0.2, 0.25) is 5.79 Å². The summed E-state index contributed by atoms with van der Waals surface area (Å²) < 4.78 is 16.3. The van der Waals surface area contributed by atoms with Gasteiger partial charge in [-0.1, -0.05) is 0 Å². The molecule has 0 saturated carbocycles. The standard InChI is InChI=1S/C10H17NO3/c1-10(2)13-7-9(8-14-10)11-3-5-12-6-4-11/h7H,3-6,8H2,1-2H3. The van der Waals surface area contributed by atoms with Gasteiger partial charge in [-0.05, 0) is 0 Å². The van der Waals surface area contributed by atoms with Crippen LogP contribution in [0.4, 0.5) is 0 Å². The fourth-order valence-corrected chi connectivity index (χ4v) is 1.54. The van der Waals surface area contributed by atoms with E-state index >= 15 is 0 Å². The van der Waals surface area contributed by atoms with Crippen molar-refractivity contribution in [3.63, 3.8) is 0 Å². The highest BCUT2D eigenvalue weighted by atomic mass is 16.7. The molecule has 2 aliphatic heterocycles. The SMILES string of the molecule is CC1(C)OC=C(N2CCOCC2)CO1. The van der Waals surface area contributed by atoms with Crippen molar-refractivity contribution in [2.75, 3.05) is 32.9 Å². The second-order valence-electron chi connectivity index (χ2n) is 4.01. The minimum atomic E-state index is -0.476. The third kappa shape index (κ3) is 2.19. The third-order valence-corrected chi connectivity index (χ3v) is 2.46. The van der Waals surface area contributed by atoms with Gasteiger partial charge in [0, 0.05) is 26.9 Å². The molecule has 2 aliphatic rings. The van der Waals surface area contributed by atoms with Gasteiger partial charge < -0.3 is 19.1 Å². The Hall–Kier alpha value is -0.740. The number of hydrogen-bond acceptors (Lipinski definition) is 4. The Kier molecular flexibility index (Phi) is 2.65. The minimum Gasteiger partial charge on any atom is -0.469 e. The van der Waals surface area contributed by atoms with Crippen molar-refractivity contribution >= 4 is 0 Å². The predicted molar refractivity (Wildman–Crippen MR) is 51.6 cm³/mol. The summed E-state index contributed by atoms with van der Waals surface area (Å²) in [5.41, 5.74) is 1.12. The Bertz CT molecular complexity index is 232. The van der Waals surface area contributed by atoms with Gasteiger partial charge in [-0.15, -0.1) is 0 Å². The zero-order chi connectivity index (χ0) is 10.0. The molecule has 0 N–H and O–H groups in total. The van der Waals surface area contributed by atoms with E-state index in [4.69, 9.17) is 14.2 Å². The molecule has 0 aromatic heterocycles. The Labute approximate surface area is 84.4 Å². The van der Waals surface area contributed by atoms with Crippen molar-refractivity contribution in [1.29, 1.82) is 0 Å². The maximum absolute atomic E-state index is 5.56. The zero-order valence-electron chi connectivity index (χ0n) is 8.78. The molecule has 0 aromatic rings. The molecule has 0 aromatic carbocycles. The van der Waals surface area contributed by atoms with Crippen LogP contribution in [-0.4, -0.2) is 43.6 Å². The van der Waals surface area contributed by atoms with E-state index in [1.54, 1.807) is 0 Å². The lowest BCUT2D eigenvalue weighted by Crippen LogP contribution is -2.41. The summed E-state index contributed by atoms with van der Waals surface area (Å²) in [6.45, 7) is 7.91. The highest BCUT2D eigenvalue weighted by molar-refractivity contribution is 5.01. The van der Waals surface area contributed by atoms with Gasteiger partial charge in [0.05, 0.1) is 25.5 Å². The molecule has 0 aliphatic carbocycles. The fraction of sp³-hybridized carbons (Fsp3) is 0.800. The van der Waals surface area contributed by atoms with Crippen molar-refractivity contribution in [3.05, 3.63) is 12.0 Å². The lowest BCUT2D eigenvalue weighted by atomic mass is 10.3. The predicted octanol–water partition coefficient (Wildman–Crippen LogP) is 0.943. The Morgan fingerprint density at radius 3 is 2.57 bits per heavy atom. The molecule has 4 heteroatoms. The van der Waals surface area contributed by atoms with E-state index in [9.17, 15) is 0 Å². The lowest BCUT2D eigenvalue weighted by molar-refractivity contribution is -0.195. The maximum atomic E-state index is 5.56. The first kappa shape index (κ1) is 9.80. The van der Waals surface area contributed by atoms with Gasteiger partial charge in [0.25, 0.3) is 0 Å². The number of rotatable bonds is 1. The van der Waals surface area contributed by atoms with Gasteiger partial charge in [0.15, 0.2) is 0 Å². The van der Waals surface area contributed by atoms with Gasteiger partial charge in [0.1, 0.15) is 6.26 Å². The van der Waals surface area contributed by atoms with Crippen LogP contribution in [0.1, 0.15) is 13.8 Å². The van der Waals surface area contributed by atoms with E-state index in [0.29, 0.717) is 6.61 Å². The molecule has 0 unspecified atom stereocenters. The summed E-state index contributed by atoms with van der Waals surface area (Å²) >= 11 is 0. The fourth-order valence-electron chi connectivity index (χ4n) is 1.54. The topological polar surface area (TPSA) is 30.9 Å². The molecule has 14 heavy (non-hydrogen) atoms. The summed E-state index contributed by atoms with van der Waals surface area (Å²) in [6, 6.07) is 0. The number of ether oxygens (including phenoxy) is 3. The van der Waals surface area contributed by atoms with Crippen LogP contribution in [0.5, 0.6) is 0 Å². The first-order valence-corrected chi connectivity index (χ1v) is 5.01. The quantitative estimate of drug-likeness (QED) is 0.629. The number of morpholine rings is 1. The largest absolute Gasteiger partial charge is 0.469 e. The van der Waals surface area contributed by atoms with E-state index in [2.05, 4.69) is 4.90 Å². The van der Waals surface area contributed by atoms with Crippen molar-refractivity contribution in [1.82, 2.24) is 4.90 Å². The van der Waals surface area contributed by atoms with Gasteiger partial charge in [-0.2, -0.15) is 0 Å². The minimum absolute atomic E-state index is 0.476. The highest BCUT2D eigenvalue weighted by Gasteiger charge is 2.26. The summed E-state index contributed by atoms with van der Waals surface area (Å²) in [6.07, 6.45) is 1.81. The van der Waals surface area contributed by atoms with Crippen LogP contribution < -0.4 is 0 Å². The molecule has 0 atom stereocenters. The average Bonchev–Trinajstić information content (AvgIpc) is 2.19. The van der Waals surface area contributed by atoms with Crippen LogP contribution in [-0.2, 0) is 14.2 Å². The maximum Gasteiger partial charge on any atom is 0.204 e. The summed E-state index contributed by atoms with van der Waals surface area (Å²) in [5.74, 6) is -0.476. The smallest absolute Gasteiger partial charge is 0.204 e. The third-order valence-electron chi connectivity index (χ3n) is 2.46. The van der Waals surface area contributed by atoms with Crippen LogP contribution in [0.3, 0.4) is 0 Å². The van der Waals surface area contributed by atoms with Crippen LogP contribution in [0, 0.1) is 0 Å². The first-order valence-electron chi connectivity index (χ1n) is 5.01. The summed E-state index contributed by atoms with van der Waals surface area (Å²) in [5, 5.41) is 0. The lowest BCUT2D eigenvalue weighted by Gasteiger charge is -2.36. The van der Waals surface area contributed by atoms with Crippen molar-refractivity contribution in [2.45, 2.75) is 19.6 Å². The molecule has 80 valence electrons. The normalized spacial score (nSPS) is 26.7. The molecule has 2 rings (SSSR count). The van der Waals surface area contributed by atoms with Crippen LogP contribution in [0.25, 0.3) is 0 Å². The van der Waals surface area contributed by atoms with Crippen molar-refractivity contribution in [2.24, 2.45) is 0 Å². The van der Waals surface area contributed by atoms with E-state index in [-0.39, 0.29) is 0 Å². The van der Waals surface area contributed by atoms with Crippen molar-refractivity contribution < 1.29 is 14.2 Å². The van der Waals surface area contributed by atoms with Crippen LogP contribution in [0.15, 0.2) is 12.0 Å². The summed E-state index contributed by atoms with van der Waals surface area (Å²) in [7, 11) is 0. The molecule has 1 fully saturated rings. The zero-order valence-corrected chi connectivity index (χ0v) is 8.78. The van der Waals surface area contributed by atoms with Crippen LogP contribution in [0.2, 0.25) is 0 Å². The number of nitrogens with zero attached hydrogens (tertiary/aromatic N) is 1. The Balaban J connectivity index is 1.95. The molecule has 4 nitrogen and oxygen atoms in total. The van der Waals surface area contributed by atoms with Crippen molar-refractivity contribution in [3.8, 4) is 0 Å². The average molecular weight is 199 g/mol. The van der Waals surface area contributed by atoms with E-state index in [0.717, 1.165) is 32.0 Å². The van der Waals surface area contributed by atoms with Gasteiger partial charge in [-0.3, -0.25) is 0 Å². The van der Waals surface area contributed by atoms with Crippen LogP contribution >= 0.6 is 0 Å². The van der Waals surface area contributed by atoms with Gasteiger partial charge in [-0.25, -0.2) is 0 Å². The van der Waals surface area contributed by atoms with E-state index in [1.807, 2.05) is 20.1 Å². The monoisotopic (exact) mass is 199 g/mol. The Morgan fingerprint density at radius 2 is 2.00 bits per heavy atom. The molecule has 0 spiro atoms. The highest BCUT2D eigenvalue weighted by Crippen LogP contribution is 2.21. The molecule has 0 bridgehead atoms. The van der Waals surface area contributed by atoms with E-state index in [1.165, 1.54) is 0 Å². The number of hydrogen-bond donors (Lipinski definition) is 0. The molecule has 0 radical (unpaired) electrons. The molecule has 2 heterocycles. The molecular weight excluding hydrogens is 182 g/mol. The second-order valence-corrected chi connectivity index (χ2v) is 4.01.